The molecule has 2 aromatic heterocycles. The SMILES string of the molecule is COC(=O)c1ccc(NC(=O)c2cc(C)n(-c3cc(C)on3)c2C)cc1. The van der Waals surface area contributed by atoms with Crippen molar-refractivity contribution in [2.75, 3.05) is 12.4 Å². The number of rotatable bonds is 4. The minimum absolute atomic E-state index is 0.240. The van der Waals surface area contributed by atoms with Crippen LogP contribution in [0.5, 0.6) is 0 Å². The van der Waals surface area contributed by atoms with E-state index in [1.54, 1.807) is 30.3 Å². The van der Waals surface area contributed by atoms with Gasteiger partial charge >= 0.3 is 5.97 Å². The van der Waals surface area contributed by atoms with Gasteiger partial charge in [0.1, 0.15) is 5.76 Å². The van der Waals surface area contributed by atoms with E-state index < -0.39 is 5.97 Å². The van der Waals surface area contributed by atoms with Gasteiger partial charge in [-0.15, -0.1) is 0 Å². The van der Waals surface area contributed by atoms with Crippen LogP contribution in [0.4, 0.5) is 5.69 Å². The number of ether oxygens (including phenoxy) is 1. The third kappa shape index (κ3) is 3.23. The first-order valence-corrected chi connectivity index (χ1v) is 8.03. The monoisotopic (exact) mass is 353 g/mol. The van der Waals surface area contributed by atoms with Crippen molar-refractivity contribution in [3.8, 4) is 5.82 Å². The standard InChI is InChI=1S/C19H19N3O4/c1-11-9-16(13(3)22(11)17-10-12(2)26-21-17)18(23)20-15-7-5-14(6-8-15)19(24)25-4/h5-10H,1-4H3,(H,20,23). The molecule has 0 saturated carbocycles. The molecule has 0 aliphatic rings. The molecular weight excluding hydrogens is 334 g/mol. The second-order valence-electron chi connectivity index (χ2n) is 5.94. The first kappa shape index (κ1) is 17.5. The molecule has 0 unspecified atom stereocenters. The van der Waals surface area contributed by atoms with Gasteiger partial charge in [-0.3, -0.25) is 9.36 Å². The van der Waals surface area contributed by atoms with Crippen LogP contribution in [-0.2, 0) is 4.74 Å². The van der Waals surface area contributed by atoms with Gasteiger partial charge in [-0.2, -0.15) is 0 Å². The summed E-state index contributed by atoms with van der Waals surface area (Å²) >= 11 is 0. The first-order valence-electron chi connectivity index (χ1n) is 8.03. The van der Waals surface area contributed by atoms with Gasteiger partial charge in [0.25, 0.3) is 5.91 Å². The summed E-state index contributed by atoms with van der Waals surface area (Å²) in [5.41, 5.74) is 3.19. The van der Waals surface area contributed by atoms with E-state index in [2.05, 4.69) is 15.2 Å². The average molecular weight is 353 g/mol. The number of aromatic nitrogens is 2. The van der Waals surface area contributed by atoms with Gasteiger partial charge in [0.15, 0.2) is 5.82 Å². The Kier molecular flexibility index (Phi) is 4.62. The Labute approximate surface area is 150 Å². The molecule has 26 heavy (non-hydrogen) atoms. The lowest BCUT2D eigenvalue weighted by atomic mass is 10.2. The van der Waals surface area contributed by atoms with E-state index in [-0.39, 0.29) is 5.91 Å². The maximum absolute atomic E-state index is 12.7. The van der Waals surface area contributed by atoms with Crippen molar-refractivity contribution in [1.82, 2.24) is 9.72 Å². The molecule has 1 aromatic carbocycles. The van der Waals surface area contributed by atoms with E-state index in [0.717, 1.165) is 11.4 Å². The third-order valence-electron chi connectivity index (χ3n) is 4.08. The van der Waals surface area contributed by atoms with Gasteiger partial charge in [-0.05, 0) is 51.1 Å². The van der Waals surface area contributed by atoms with E-state index in [4.69, 9.17) is 4.52 Å². The van der Waals surface area contributed by atoms with Gasteiger partial charge in [0, 0.05) is 23.1 Å². The number of nitrogens with one attached hydrogen (secondary N) is 1. The largest absolute Gasteiger partial charge is 0.465 e. The number of anilines is 1. The van der Waals surface area contributed by atoms with Crippen molar-refractivity contribution in [1.29, 1.82) is 0 Å². The van der Waals surface area contributed by atoms with Gasteiger partial charge in [0.2, 0.25) is 0 Å². The number of methoxy groups -OCH3 is 1. The van der Waals surface area contributed by atoms with Crippen LogP contribution in [0.2, 0.25) is 0 Å². The average Bonchev–Trinajstić information content (AvgIpc) is 3.17. The number of aryl methyl sites for hydroxylation is 2. The van der Waals surface area contributed by atoms with E-state index in [1.165, 1.54) is 7.11 Å². The molecule has 7 heteroatoms. The van der Waals surface area contributed by atoms with Crippen LogP contribution in [0.3, 0.4) is 0 Å². The summed E-state index contributed by atoms with van der Waals surface area (Å²) in [6.45, 7) is 5.57. The fourth-order valence-corrected chi connectivity index (χ4v) is 2.81. The van der Waals surface area contributed by atoms with Crippen molar-refractivity contribution in [3.05, 3.63) is 64.7 Å². The molecule has 0 fully saturated rings. The number of nitrogens with zero attached hydrogens (tertiary/aromatic N) is 2. The van der Waals surface area contributed by atoms with Crippen molar-refractivity contribution in [2.24, 2.45) is 0 Å². The minimum atomic E-state index is -0.422. The van der Waals surface area contributed by atoms with Crippen molar-refractivity contribution in [2.45, 2.75) is 20.8 Å². The van der Waals surface area contributed by atoms with Crippen molar-refractivity contribution >= 4 is 17.6 Å². The van der Waals surface area contributed by atoms with Crippen LogP contribution in [0.25, 0.3) is 5.82 Å². The number of carbonyl (C=O) groups is 2. The lowest BCUT2D eigenvalue weighted by molar-refractivity contribution is 0.0600. The highest BCUT2D eigenvalue weighted by Gasteiger charge is 2.18. The predicted octanol–water partition coefficient (Wildman–Crippen LogP) is 3.43. The molecule has 1 amide bonds. The second-order valence-corrected chi connectivity index (χ2v) is 5.94. The molecule has 1 N–H and O–H groups in total. The minimum Gasteiger partial charge on any atom is -0.465 e. The zero-order valence-electron chi connectivity index (χ0n) is 15.0. The number of amides is 1. The first-order chi connectivity index (χ1) is 12.4. The molecule has 7 nitrogen and oxygen atoms in total. The molecule has 0 aliphatic heterocycles. The summed E-state index contributed by atoms with van der Waals surface area (Å²) in [6, 6.07) is 10.1. The third-order valence-corrected chi connectivity index (χ3v) is 4.08. The summed E-state index contributed by atoms with van der Waals surface area (Å²) in [7, 11) is 1.32. The summed E-state index contributed by atoms with van der Waals surface area (Å²) in [4.78, 5) is 24.1. The van der Waals surface area contributed by atoms with Gasteiger partial charge < -0.3 is 14.6 Å². The Morgan fingerprint density at radius 3 is 2.38 bits per heavy atom. The Balaban J connectivity index is 1.83. The molecule has 0 bridgehead atoms. The summed E-state index contributed by atoms with van der Waals surface area (Å²) in [6.07, 6.45) is 0. The summed E-state index contributed by atoms with van der Waals surface area (Å²) < 4.78 is 11.7. The molecule has 0 aliphatic carbocycles. The zero-order chi connectivity index (χ0) is 18.8. The van der Waals surface area contributed by atoms with Crippen LogP contribution in [0.1, 0.15) is 37.9 Å². The highest BCUT2D eigenvalue weighted by molar-refractivity contribution is 6.05. The zero-order valence-corrected chi connectivity index (χ0v) is 15.0. The Morgan fingerprint density at radius 2 is 1.81 bits per heavy atom. The number of benzene rings is 1. The summed E-state index contributed by atoms with van der Waals surface area (Å²) in [5, 5.41) is 6.84. The van der Waals surface area contributed by atoms with Crippen molar-refractivity contribution < 1.29 is 18.8 Å². The molecule has 3 rings (SSSR count). The topological polar surface area (TPSA) is 86.4 Å². The van der Waals surface area contributed by atoms with Crippen LogP contribution >= 0.6 is 0 Å². The molecular formula is C19H19N3O4. The van der Waals surface area contributed by atoms with Crippen LogP contribution in [0, 0.1) is 20.8 Å². The maximum atomic E-state index is 12.7. The normalized spacial score (nSPS) is 10.6. The molecule has 0 radical (unpaired) electrons. The van der Waals surface area contributed by atoms with E-state index in [0.29, 0.717) is 28.4 Å². The van der Waals surface area contributed by atoms with Gasteiger partial charge in [0.05, 0.1) is 18.2 Å². The van der Waals surface area contributed by atoms with E-state index in [9.17, 15) is 9.59 Å². The highest BCUT2D eigenvalue weighted by Crippen LogP contribution is 2.22. The molecule has 3 aromatic rings. The molecule has 0 spiro atoms. The number of carbonyl (C=O) groups excluding carboxylic acids is 2. The van der Waals surface area contributed by atoms with Crippen molar-refractivity contribution in [3.63, 3.8) is 0 Å². The Hall–Kier alpha value is -3.35. The Morgan fingerprint density at radius 1 is 1.12 bits per heavy atom. The molecule has 134 valence electrons. The van der Waals surface area contributed by atoms with E-state index in [1.807, 2.05) is 31.4 Å². The fraction of sp³-hybridized carbons (Fsp3) is 0.211. The van der Waals surface area contributed by atoms with Gasteiger partial charge in [-0.25, -0.2) is 4.79 Å². The smallest absolute Gasteiger partial charge is 0.337 e. The maximum Gasteiger partial charge on any atom is 0.337 e. The van der Waals surface area contributed by atoms with Crippen LogP contribution < -0.4 is 5.32 Å². The number of esters is 1. The van der Waals surface area contributed by atoms with Crippen LogP contribution in [-0.4, -0.2) is 28.7 Å². The number of hydrogen-bond donors (Lipinski definition) is 1. The molecule has 0 saturated heterocycles. The quantitative estimate of drug-likeness (QED) is 0.726. The fourth-order valence-electron chi connectivity index (χ4n) is 2.81. The lowest BCUT2D eigenvalue weighted by Gasteiger charge is -2.07. The predicted molar refractivity (Wildman–Crippen MR) is 95.8 cm³/mol. The second kappa shape index (κ2) is 6.87. The lowest BCUT2D eigenvalue weighted by Crippen LogP contribution is -2.13. The highest BCUT2D eigenvalue weighted by atomic mass is 16.5. The molecule has 0 atom stereocenters. The van der Waals surface area contributed by atoms with Gasteiger partial charge in [-0.1, -0.05) is 5.16 Å². The van der Waals surface area contributed by atoms with Crippen LogP contribution in [0.15, 0.2) is 40.9 Å². The number of hydrogen-bond acceptors (Lipinski definition) is 5. The summed E-state index contributed by atoms with van der Waals surface area (Å²) in [5.74, 6) is 0.674. The Bertz CT molecular complexity index is 967. The molecule has 2 heterocycles. The van der Waals surface area contributed by atoms with E-state index >= 15 is 0 Å².